The number of primary sulfonamides is 1. The van der Waals surface area contributed by atoms with Gasteiger partial charge in [-0.05, 0) is 13.0 Å². The molecule has 7 nitrogen and oxygen atoms in total. The Labute approximate surface area is 112 Å². The lowest BCUT2D eigenvalue weighted by molar-refractivity contribution is 0.228. The van der Waals surface area contributed by atoms with Crippen molar-refractivity contribution < 1.29 is 26.5 Å². The lowest BCUT2D eigenvalue weighted by atomic mass is 10.3. The molecule has 108 valence electrons. The molecule has 0 saturated carbocycles. The SMILES string of the molecule is Cc1noc(COc2c(F)cc(F)cc2S(N)(=O)=O)n1. The predicted molar refractivity (Wildman–Crippen MR) is 61.1 cm³/mol. The van der Waals surface area contributed by atoms with Gasteiger partial charge in [-0.15, -0.1) is 0 Å². The van der Waals surface area contributed by atoms with Crippen LogP contribution < -0.4 is 9.88 Å². The van der Waals surface area contributed by atoms with Crippen molar-refractivity contribution in [1.29, 1.82) is 0 Å². The minimum atomic E-state index is -4.35. The van der Waals surface area contributed by atoms with Crippen LogP contribution in [-0.4, -0.2) is 18.6 Å². The summed E-state index contributed by atoms with van der Waals surface area (Å²) in [6, 6.07) is 1.04. The molecule has 0 aliphatic rings. The third-order valence-corrected chi connectivity index (χ3v) is 3.11. The van der Waals surface area contributed by atoms with E-state index in [1.54, 1.807) is 6.92 Å². The molecule has 2 aromatic rings. The second-order valence-electron chi connectivity index (χ2n) is 3.78. The smallest absolute Gasteiger partial charge is 0.264 e. The van der Waals surface area contributed by atoms with Crippen LogP contribution in [0.2, 0.25) is 0 Å². The normalized spacial score (nSPS) is 11.6. The Hall–Kier alpha value is -2.07. The van der Waals surface area contributed by atoms with Gasteiger partial charge in [0.2, 0.25) is 10.0 Å². The van der Waals surface area contributed by atoms with E-state index < -0.39 is 32.3 Å². The molecule has 0 spiro atoms. The van der Waals surface area contributed by atoms with Gasteiger partial charge in [0.05, 0.1) is 0 Å². The van der Waals surface area contributed by atoms with Gasteiger partial charge in [-0.2, -0.15) is 4.98 Å². The van der Waals surface area contributed by atoms with E-state index in [0.717, 1.165) is 0 Å². The third-order valence-electron chi connectivity index (χ3n) is 2.19. The molecule has 20 heavy (non-hydrogen) atoms. The highest BCUT2D eigenvalue weighted by atomic mass is 32.2. The van der Waals surface area contributed by atoms with Gasteiger partial charge in [0.25, 0.3) is 5.89 Å². The fourth-order valence-electron chi connectivity index (χ4n) is 1.42. The molecular formula is C10H9F2N3O4S. The first-order valence-corrected chi connectivity index (χ1v) is 6.76. The van der Waals surface area contributed by atoms with Gasteiger partial charge in [-0.3, -0.25) is 0 Å². The molecule has 2 rings (SSSR count). The highest BCUT2D eigenvalue weighted by Crippen LogP contribution is 2.28. The number of hydrogen-bond acceptors (Lipinski definition) is 6. The maximum absolute atomic E-state index is 13.6. The molecule has 10 heteroatoms. The monoisotopic (exact) mass is 305 g/mol. The van der Waals surface area contributed by atoms with Crippen molar-refractivity contribution >= 4 is 10.0 Å². The number of nitrogens with zero attached hydrogens (tertiary/aromatic N) is 2. The summed E-state index contributed by atoms with van der Waals surface area (Å²) < 4.78 is 58.9. The molecule has 1 aromatic heterocycles. The van der Waals surface area contributed by atoms with Crippen LogP contribution >= 0.6 is 0 Å². The largest absolute Gasteiger partial charge is 0.479 e. The Balaban J connectivity index is 2.35. The maximum Gasteiger partial charge on any atom is 0.264 e. The highest BCUT2D eigenvalue weighted by molar-refractivity contribution is 7.89. The fraction of sp³-hybridized carbons (Fsp3) is 0.200. The van der Waals surface area contributed by atoms with Crippen molar-refractivity contribution in [3.8, 4) is 5.75 Å². The number of rotatable bonds is 4. The standard InChI is InChI=1S/C10H9F2N3O4S/c1-5-14-9(19-15-5)4-18-10-7(12)2-6(11)3-8(10)20(13,16)17/h2-3H,4H2,1H3,(H2,13,16,17). The van der Waals surface area contributed by atoms with Crippen LogP contribution in [0.3, 0.4) is 0 Å². The zero-order chi connectivity index (χ0) is 14.9. The molecule has 1 aromatic carbocycles. The molecular weight excluding hydrogens is 296 g/mol. The summed E-state index contributed by atoms with van der Waals surface area (Å²) in [6.45, 7) is 1.17. The fourth-order valence-corrected chi connectivity index (χ4v) is 2.11. The Morgan fingerprint density at radius 1 is 1.40 bits per heavy atom. The van der Waals surface area contributed by atoms with Crippen LogP contribution in [0, 0.1) is 18.6 Å². The molecule has 0 amide bonds. The van der Waals surface area contributed by atoms with E-state index >= 15 is 0 Å². The molecule has 0 saturated heterocycles. The minimum absolute atomic E-state index is 0.00611. The van der Waals surface area contributed by atoms with Gasteiger partial charge in [0.1, 0.15) is 10.7 Å². The molecule has 0 fully saturated rings. The summed E-state index contributed by atoms with van der Waals surface area (Å²) in [7, 11) is -4.35. The third kappa shape index (κ3) is 3.08. The van der Waals surface area contributed by atoms with Crippen LogP contribution in [0.25, 0.3) is 0 Å². The van der Waals surface area contributed by atoms with Crippen LogP contribution in [-0.2, 0) is 16.6 Å². The molecule has 1 heterocycles. The van der Waals surface area contributed by atoms with Gasteiger partial charge in [-0.25, -0.2) is 22.3 Å². The van der Waals surface area contributed by atoms with E-state index in [2.05, 4.69) is 10.1 Å². The summed E-state index contributed by atoms with van der Waals surface area (Å²) in [5, 5.41) is 8.35. The highest BCUT2D eigenvalue weighted by Gasteiger charge is 2.22. The summed E-state index contributed by atoms with van der Waals surface area (Å²) in [5.41, 5.74) is 0. The van der Waals surface area contributed by atoms with Gasteiger partial charge in [-0.1, -0.05) is 5.16 Å². The number of hydrogen-bond donors (Lipinski definition) is 1. The summed E-state index contributed by atoms with van der Waals surface area (Å²) in [4.78, 5) is 2.99. The summed E-state index contributed by atoms with van der Waals surface area (Å²) in [5.74, 6) is -2.66. The average molecular weight is 305 g/mol. The molecule has 0 bridgehead atoms. The number of ether oxygens (including phenoxy) is 1. The molecule has 0 unspecified atom stereocenters. The van der Waals surface area contributed by atoms with E-state index in [1.165, 1.54) is 0 Å². The van der Waals surface area contributed by atoms with E-state index in [9.17, 15) is 17.2 Å². The second kappa shape index (κ2) is 5.13. The number of benzene rings is 1. The van der Waals surface area contributed by atoms with Crippen molar-refractivity contribution in [2.45, 2.75) is 18.4 Å². The zero-order valence-electron chi connectivity index (χ0n) is 10.1. The van der Waals surface area contributed by atoms with Crippen molar-refractivity contribution in [3.05, 3.63) is 35.5 Å². The van der Waals surface area contributed by atoms with Gasteiger partial charge in [0, 0.05) is 6.07 Å². The Morgan fingerprint density at radius 2 is 2.10 bits per heavy atom. The van der Waals surface area contributed by atoms with E-state index in [4.69, 9.17) is 14.4 Å². The number of halogens is 2. The van der Waals surface area contributed by atoms with Gasteiger partial charge in [0.15, 0.2) is 24.0 Å². The maximum atomic E-state index is 13.6. The predicted octanol–water partition coefficient (Wildman–Crippen LogP) is 0.883. The molecule has 0 atom stereocenters. The average Bonchev–Trinajstić information content (AvgIpc) is 2.72. The van der Waals surface area contributed by atoms with Gasteiger partial charge < -0.3 is 9.26 Å². The van der Waals surface area contributed by atoms with Crippen molar-refractivity contribution in [2.24, 2.45) is 5.14 Å². The molecule has 2 N–H and O–H groups in total. The number of nitrogens with two attached hydrogens (primary N) is 1. The number of aryl methyl sites for hydroxylation is 1. The van der Waals surface area contributed by atoms with Crippen molar-refractivity contribution in [2.75, 3.05) is 0 Å². The minimum Gasteiger partial charge on any atom is -0.479 e. The Morgan fingerprint density at radius 3 is 2.65 bits per heavy atom. The Bertz CT molecular complexity index is 745. The first kappa shape index (κ1) is 14.3. The van der Waals surface area contributed by atoms with E-state index in [-0.39, 0.29) is 12.5 Å². The molecule has 0 radical (unpaired) electrons. The summed E-state index contributed by atoms with van der Waals surface area (Å²) in [6.07, 6.45) is 0. The zero-order valence-corrected chi connectivity index (χ0v) is 10.9. The van der Waals surface area contributed by atoms with Gasteiger partial charge >= 0.3 is 0 Å². The number of aromatic nitrogens is 2. The van der Waals surface area contributed by atoms with Crippen LogP contribution in [0.5, 0.6) is 5.75 Å². The first-order valence-electron chi connectivity index (χ1n) is 5.21. The first-order chi connectivity index (χ1) is 9.27. The topological polar surface area (TPSA) is 108 Å². The van der Waals surface area contributed by atoms with Crippen LogP contribution in [0.1, 0.15) is 11.7 Å². The number of sulfonamides is 1. The lowest BCUT2D eigenvalue weighted by Gasteiger charge is -2.09. The van der Waals surface area contributed by atoms with Crippen molar-refractivity contribution in [3.63, 3.8) is 0 Å². The van der Waals surface area contributed by atoms with E-state index in [0.29, 0.717) is 18.0 Å². The van der Waals surface area contributed by atoms with Crippen LogP contribution in [0.15, 0.2) is 21.6 Å². The summed E-state index contributed by atoms with van der Waals surface area (Å²) >= 11 is 0. The van der Waals surface area contributed by atoms with E-state index in [1.807, 2.05) is 0 Å². The Kier molecular flexibility index (Phi) is 3.68. The quantitative estimate of drug-likeness (QED) is 0.898. The van der Waals surface area contributed by atoms with Crippen molar-refractivity contribution in [1.82, 2.24) is 10.1 Å². The lowest BCUT2D eigenvalue weighted by Crippen LogP contribution is -2.15. The van der Waals surface area contributed by atoms with Crippen LogP contribution in [0.4, 0.5) is 8.78 Å². The molecule has 0 aliphatic heterocycles. The molecule has 0 aliphatic carbocycles. The second-order valence-corrected chi connectivity index (χ2v) is 5.31.